The Labute approximate surface area is 126 Å². The molecule has 17 heavy (non-hydrogen) atoms. The quantitative estimate of drug-likeness (QED) is 0.548. The first-order valence-electron chi connectivity index (χ1n) is 5.13. The number of halogens is 3. The highest BCUT2D eigenvalue weighted by Gasteiger charge is 2.16. The molecule has 1 aromatic carbocycles. The standard InChI is InChI=1S/C13H11Br3O/c1-7-3-12(15)10(5-11(7)14)13(16)9-4-8(2)17-6-9/h3-6,13H,1-2H3. The average Bonchev–Trinajstić information content (AvgIpc) is 2.69. The van der Waals surface area contributed by atoms with Crippen molar-refractivity contribution < 1.29 is 4.42 Å². The third-order valence-corrected chi connectivity index (χ3v) is 5.16. The summed E-state index contributed by atoms with van der Waals surface area (Å²) in [6, 6.07) is 6.28. The van der Waals surface area contributed by atoms with Gasteiger partial charge in [0, 0.05) is 14.5 Å². The average molecular weight is 423 g/mol. The number of aryl methyl sites for hydroxylation is 2. The molecule has 0 aliphatic rings. The maximum atomic E-state index is 5.34. The van der Waals surface area contributed by atoms with Crippen molar-refractivity contribution >= 4 is 47.8 Å². The van der Waals surface area contributed by atoms with E-state index in [2.05, 4.69) is 66.8 Å². The van der Waals surface area contributed by atoms with Gasteiger partial charge in [0.2, 0.25) is 0 Å². The lowest BCUT2D eigenvalue weighted by Crippen LogP contribution is -1.93. The molecular formula is C13H11Br3O. The molecule has 0 N–H and O–H groups in total. The van der Waals surface area contributed by atoms with Gasteiger partial charge in [-0.25, -0.2) is 0 Å². The van der Waals surface area contributed by atoms with Crippen LogP contribution in [-0.2, 0) is 0 Å². The van der Waals surface area contributed by atoms with E-state index in [4.69, 9.17) is 4.42 Å². The SMILES string of the molecule is Cc1cc(C(Br)c2cc(Br)c(C)cc2Br)co1. The summed E-state index contributed by atoms with van der Waals surface area (Å²) in [6.45, 7) is 4.02. The van der Waals surface area contributed by atoms with Crippen molar-refractivity contribution in [2.24, 2.45) is 0 Å². The van der Waals surface area contributed by atoms with Gasteiger partial charge in [0.15, 0.2) is 0 Å². The summed E-state index contributed by atoms with van der Waals surface area (Å²) in [5.41, 5.74) is 3.52. The molecule has 0 fully saturated rings. The molecule has 2 aromatic rings. The fourth-order valence-electron chi connectivity index (χ4n) is 1.63. The maximum absolute atomic E-state index is 5.34. The maximum Gasteiger partial charge on any atom is 0.101 e. The van der Waals surface area contributed by atoms with Crippen LogP contribution in [0.4, 0.5) is 0 Å². The van der Waals surface area contributed by atoms with Crippen LogP contribution in [0.25, 0.3) is 0 Å². The summed E-state index contributed by atoms with van der Waals surface area (Å²) >= 11 is 10.9. The molecule has 1 nitrogen and oxygen atoms in total. The van der Waals surface area contributed by atoms with Crippen LogP contribution in [0.3, 0.4) is 0 Å². The second kappa shape index (κ2) is 5.29. The minimum Gasteiger partial charge on any atom is -0.469 e. The van der Waals surface area contributed by atoms with Crippen molar-refractivity contribution in [3.63, 3.8) is 0 Å². The number of alkyl halides is 1. The molecule has 2 rings (SSSR count). The predicted molar refractivity (Wildman–Crippen MR) is 80.8 cm³/mol. The summed E-state index contributed by atoms with van der Waals surface area (Å²) in [7, 11) is 0. The molecule has 0 spiro atoms. The highest BCUT2D eigenvalue weighted by atomic mass is 79.9. The first-order chi connectivity index (χ1) is 7.99. The first kappa shape index (κ1) is 13.4. The molecule has 0 bridgehead atoms. The highest BCUT2D eigenvalue weighted by Crippen LogP contribution is 2.38. The largest absolute Gasteiger partial charge is 0.469 e. The Morgan fingerprint density at radius 1 is 1.06 bits per heavy atom. The van der Waals surface area contributed by atoms with E-state index in [9.17, 15) is 0 Å². The molecule has 0 saturated heterocycles. The Morgan fingerprint density at radius 3 is 2.35 bits per heavy atom. The number of hydrogen-bond acceptors (Lipinski definition) is 1. The molecule has 1 unspecified atom stereocenters. The third-order valence-electron chi connectivity index (χ3n) is 2.59. The molecule has 4 heteroatoms. The molecule has 0 radical (unpaired) electrons. The van der Waals surface area contributed by atoms with Gasteiger partial charge < -0.3 is 4.42 Å². The zero-order chi connectivity index (χ0) is 12.6. The molecule has 1 heterocycles. The summed E-state index contributed by atoms with van der Waals surface area (Å²) < 4.78 is 7.55. The summed E-state index contributed by atoms with van der Waals surface area (Å²) in [4.78, 5) is 0.131. The van der Waals surface area contributed by atoms with E-state index in [1.54, 1.807) is 6.26 Å². The topological polar surface area (TPSA) is 13.1 Å². The molecule has 0 aliphatic carbocycles. The van der Waals surface area contributed by atoms with Gasteiger partial charge in [-0.15, -0.1) is 0 Å². The fourth-order valence-corrected chi connectivity index (χ4v) is 3.61. The van der Waals surface area contributed by atoms with Crippen LogP contribution in [0.5, 0.6) is 0 Å². The number of rotatable bonds is 2. The molecule has 90 valence electrons. The van der Waals surface area contributed by atoms with Crippen molar-refractivity contribution in [3.05, 3.63) is 55.9 Å². The first-order valence-corrected chi connectivity index (χ1v) is 7.64. The van der Waals surface area contributed by atoms with Gasteiger partial charge in [0.25, 0.3) is 0 Å². The van der Waals surface area contributed by atoms with Crippen LogP contribution < -0.4 is 0 Å². The van der Waals surface area contributed by atoms with Crippen LogP contribution >= 0.6 is 47.8 Å². The summed E-state index contributed by atoms with van der Waals surface area (Å²) in [5, 5.41) is 0. The second-order valence-electron chi connectivity index (χ2n) is 3.98. The lowest BCUT2D eigenvalue weighted by Gasteiger charge is -2.12. The van der Waals surface area contributed by atoms with E-state index in [1.807, 2.05) is 13.0 Å². The Bertz CT molecular complexity index is 546. The van der Waals surface area contributed by atoms with Crippen LogP contribution in [-0.4, -0.2) is 0 Å². The van der Waals surface area contributed by atoms with Crippen molar-refractivity contribution in [1.82, 2.24) is 0 Å². The van der Waals surface area contributed by atoms with E-state index in [0.717, 1.165) is 20.3 Å². The number of furan rings is 1. The van der Waals surface area contributed by atoms with Gasteiger partial charge in [-0.2, -0.15) is 0 Å². The molecule has 0 amide bonds. The Hall–Kier alpha value is -0.0600. The lowest BCUT2D eigenvalue weighted by molar-refractivity contribution is 0.532. The smallest absolute Gasteiger partial charge is 0.101 e. The summed E-state index contributed by atoms with van der Waals surface area (Å²) in [5.74, 6) is 0.923. The molecule has 0 aliphatic heterocycles. The van der Waals surface area contributed by atoms with E-state index in [1.165, 1.54) is 11.1 Å². The van der Waals surface area contributed by atoms with Crippen molar-refractivity contribution in [2.45, 2.75) is 18.7 Å². The molecular weight excluding hydrogens is 412 g/mol. The fraction of sp³-hybridized carbons (Fsp3) is 0.231. The van der Waals surface area contributed by atoms with Gasteiger partial charge in [-0.3, -0.25) is 0 Å². The number of benzene rings is 1. The molecule has 1 atom stereocenters. The highest BCUT2D eigenvalue weighted by molar-refractivity contribution is 9.11. The van der Waals surface area contributed by atoms with Gasteiger partial charge in [-0.1, -0.05) is 47.8 Å². The van der Waals surface area contributed by atoms with Gasteiger partial charge in [-0.05, 0) is 43.2 Å². The monoisotopic (exact) mass is 420 g/mol. The van der Waals surface area contributed by atoms with E-state index in [-0.39, 0.29) is 4.83 Å². The Kier molecular flexibility index (Phi) is 4.16. The van der Waals surface area contributed by atoms with Crippen molar-refractivity contribution in [3.8, 4) is 0 Å². The second-order valence-corrected chi connectivity index (χ2v) is 6.60. The molecule has 0 saturated carbocycles. The Balaban J connectivity index is 2.43. The predicted octanol–water partition coefficient (Wildman–Crippen LogP) is 5.91. The molecule has 1 aromatic heterocycles. The van der Waals surface area contributed by atoms with Crippen LogP contribution in [0.1, 0.15) is 27.3 Å². The number of hydrogen-bond donors (Lipinski definition) is 0. The van der Waals surface area contributed by atoms with Gasteiger partial charge in [0.1, 0.15) is 5.76 Å². The third kappa shape index (κ3) is 2.85. The van der Waals surface area contributed by atoms with Crippen molar-refractivity contribution in [1.29, 1.82) is 0 Å². The minimum atomic E-state index is 0.131. The normalized spacial score (nSPS) is 12.8. The van der Waals surface area contributed by atoms with Crippen LogP contribution in [0.15, 0.2) is 37.8 Å². The van der Waals surface area contributed by atoms with Crippen molar-refractivity contribution in [2.75, 3.05) is 0 Å². The van der Waals surface area contributed by atoms with E-state index in [0.29, 0.717) is 0 Å². The zero-order valence-corrected chi connectivity index (χ0v) is 14.2. The minimum absolute atomic E-state index is 0.131. The summed E-state index contributed by atoms with van der Waals surface area (Å²) in [6.07, 6.45) is 1.79. The lowest BCUT2D eigenvalue weighted by atomic mass is 10.1. The van der Waals surface area contributed by atoms with E-state index < -0.39 is 0 Å². The van der Waals surface area contributed by atoms with Crippen LogP contribution in [0.2, 0.25) is 0 Å². The van der Waals surface area contributed by atoms with E-state index >= 15 is 0 Å². The van der Waals surface area contributed by atoms with Gasteiger partial charge >= 0.3 is 0 Å². The Morgan fingerprint density at radius 2 is 1.76 bits per heavy atom. The van der Waals surface area contributed by atoms with Crippen LogP contribution in [0, 0.1) is 13.8 Å². The zero-order valence-electron chi connectivity index (χ0n) is 9.43. The van der Waals surface area contributed by atoms with Gasteiger partial charge in [0.05, 0.1) is 11.1 Å².